The van der Waals surface area contributed by atoms with Crippen molar-refractivity contribution in [1.29, 1.82) is 0 Å². The molecule has 1 saturated heterocycles. The largest absolute Gasteiger partial charge is 0.494 e. The van der Waals surface area contributed by atoms with E-state index < -0.39 is 0 Å². The highest BCUT2D eigenvalue weighted by atomic mass is 16.5. The van der Waals surface area contributed by atoms with Crippen LogP contribution in [0, 0.1) is 5.92 Å². The number of carbonyl (C=O) groups is 2. The van der Waals surface area contributed by atoms with Crippen LogP contribution in [-0.4, -0.2) is 36.4 Å². The molecule has 2 rings (SSSR count). The second kappa shape index (κ2) is 8.52. The van der Waals surface area contributed by atoms with Crippen LogP contribution in [0.25, 0.3) is 0 Å². The molecule has 2 atom stereocenters. The van der Waals surface area contributed by atoms with Crippen LogP contribution in [0.15, 0.2) is 36.9 Å². The van der Waals surface area contributed by atoms with Crippen LogP contribution in [0.4, 0.5) is 0 Å². The molecule has 1 fully saturated rings. The predicted molar refractivity (Wildman–Crippen MR) is 93.7 cm³/mol. The lowest BCUT2D eigenvalue weighted by Crippen LogP contribution is -2.48. The Hall–Kier alpha value is -2.30. The molecule has 1 N–H and O–H groups in total. The van der Waals surface area contributed by atoms with E-state index in [1.807, 2.05) is 38.1 Å². The van der Waals surface area contributed by atoms with Gasteiger partial charge in [0.1, 0.15) is 5.75 Å². The molecular formula is C19H26N2O3. The van der Waals surface area contributed by atoms with Crippen LogP contribution in [-0.2, 0) is 9.59 Å². The summed E-state index contributed by atoms with van der Waals surface area (Å²) in [4.78, 5) is 26.7. The van der Waals surface area contributed by atoms with Gasteiger partial charge in [0.05, 0.1) is 18.6 Å². The van der Waals surface area contributed by atoms with Gasteiger partial charge >= 0.3 is 0 Å². The number of benzene rings is 1. The summed E-state index contributed by atoms with van der Waals surface area (Å²) in [6.07, 6.45) is 2.64. The van der Waals surface area contributed by atoms with Crippen molar-refractivity contribution >= 4 is 11.8 Å². The molecule has 0 spiro atoms. The monoisotopic (exact) mass is 330 g/mol. The molecule has 1 aromatic rings. The summed E-state index contributed by atoms with van der Waals surface area (Å²) in [5.74, 6) is 0.614. The highest BCUT2D eigenvalue weighted by Gasteiger charge is 2.39. The van der Waals surface area contributed by atoms with Crippen molar-refractivity contribution in [3.05, 3.63) is 42.5 Å². The third-order valence-corrected chi connectivity index (χ3v) is 4.34. The number of amides is 2. The number of nitrogens with one attached hydrogen (secondary N) is 1. The average molecular weight is 330 g/mol. The van der Waals surface area contributed by atoms with Gasteiger partial charge in [0.2, 0.25) is 11.8 Å². The molecule has 24 heavy (non-hydrogen) atoms. The van der Waals surface area contributed by atoms with Crippen molar-refractivity contribution in [2.75, 3.05) is 19.7 Å². The number of nitrogens with zero attached hydrogens (tertiary/aromatic N) is 1. The number of hydrogen-bond acceptors (Lipinski definition) is 3. The highest BCUT2D eigenvalue weighted by Crippen LogP contribution is 2.37. The fourth-order valence-corrected chi connectivity index (χ4v) is 3.24. The minimum absolute atomic E-state index is 0.0280. The molecule has 1 aliphatic heterocycles. The summed E-state index contributed by atoms with van der Waals surface area (Å²) in [6, 6.07) is 7.45. The first-order chi connectivity index (χ1) is 11.6. The second-order valence-corrected chi connectivity index (χ2v) is 5.81. The number of hydrogen-bond donors (Lipinski definition) is 1. The lowest BCUT2D eigenvalue weighted by molar-refractivity contribution is -0.143. The summed E-state index contributed by atoms with van der Waals surface area (Å²) in [5, 5.41) is 2.87. The van der Waals surface area contributed by atoms with E-state index in [4.69, 9.17) is 4.74 Å². The molecular weight excluding hydrogens is 304 g/mol. The SMILES string of the molecule is C=CCNC(=O)[C@@H]1CCC(=O)N(CC)[C@H]1c1ccc(OCC)cc1. The van der Waals surface area contributed by atoms with Crippen molar-refractivity contribution in [2.24, 2.45) is 5.92 Å². The predicted octanol–water partition coefficient (Wildman–Crippen LogP) is 2.69. The molecule has 0 radical (unpaired) electrons. The zero-order chi connectivity index (χ0) is 17.5. The normalized spacial score (nSPS) is 20.6. The zero-order valence-corrected chi connectivity index (χ0v) is 14.5. The Bertz CT molecular complexity index is 583. The number of ether oxygens (including phenoxy) is 1. The van der Waals surface area contributed by atoms with Gasteiger partial charge in [-0.25, -0.2) is 0 Å². The molecule has 0 aliphatic carbocycles. The first kappa shape index (κ1) is 18.0. The van der Waals surface area contributed by atoms with Crippen molar-refractivity contribution in [1.82, 2.24) is 10.2 Å². The number of piperidine rings is 1. The molecule has 1 aliphatic rings. The van der Waals surface area contributed by atoms with E-state index in [1.54, 1.807) is 11.0 Å². The summed E-state index contributed by atoms with van der Waals surface area (Å²) in [7, 11) is 0. The van der Waals surface area contributed by atoms with E-state index >= 15 is 0 Å². The Balaban J connectivity index is 2.30. The van der Waals surface area contributed by atoms with Gasteiger partial charge in [-0.15, -0.1) is 6.58 Å². The molecule has 0 bridgehead atoms. The highest BCUT2D eigenvalue weighted by molar-refractivity contribution is 5.85. The Labute approximate surface area is 143 Å². The molecule has 1 heterocycles. The van der Waals surface area contributed by atoms with Crippen LogP contribution in [0.5, 0.6) is 5.75 Å². The van der Waals surface area contributed by atoms with E-state index in [2.05, 4.69) is 11.9 Å². The lowest BCUT2D eigenvalue weighted by atomic mass is 9.83. The maximum Gasteiger partial charge on any atom is 0.225 e. The molecule has 0 unspecified atom stereocenters. The second-order valence-electron chi connectivity index (χ2n) is 5.81. The van der Waals surface area contributed by atoms with Gasteiger partial charge in [0.25, 0.3) is 0 Å². The van der Waals surface area contributed by atoms with E-state index in [1.165, 1.54) is 0 Å². The third kappa shape index (κ3) is 3.96. The lowest BCUT2D eigenvalue weighted by Gasteiger charge is -2.40. The van der Waals surface area contributed by atoms with E-state index in [-0.39, 0.29) is 23.8 Å². The fraction of sp³-hybridized carbons (Fsp3) is 0.474. The average Bonchev–Trinajstić information content (AvgIpc) is 2.60. The van der Waals surface area contributed by atoms with Gasteiger partial charge in [-0.1, -0.05) is 18.2 Å². The van der Waals surface area contributed by atoms with Crippen LogP contribution in [0.3, 0.4) is 0 Å². The van der Waals surface area contributed by atoms with Gasteiger partial charge < -0.3 is 15.0 Å². The third-order valence-electron chi connectivity index (χ3n) is 4.34. The van der Waals surface area contributed by atoms with Gasteiger partial charge in [0.15, 0.2) is 0 Å². The Morgan fingerprint density at radius 3 is 2.67 bits per heavy atom. The van der Waals surface area contributed by atoms with Gasteiger partial charge in [-0.3, -0.25) is 9.59 Å². The summed E-state index contributed by atoms with van der Waals surface area (Å²) in [6.45, 7) is 9.14. The standard InChI is InChI=1S/C19H26N2O3/c1-4-13-20-19(23)16-11-12-17(22)21(5-2)18(16)14-7-9-15(10-8-14)24-6-3/h4,7-10,16,18H,1,5-6,11-13H2,2-3H3,(H,20,23)/t16-,18+/m1/s1. The Morgan fingerprint density at radius 2 is 2.08 bits per heavy atom. The van der Waals surface area contributed by atoms with Crippen molar-refractivity contribution in [2.45, 2.75) is 32.7 Å². The fourth-order valence-electron chi connectivity index (χ4n) is 3.24. The minimum Gasteiger partial charge on any atom is -0.494 e. The quantitative estimate of drug-likeness (QED) is 0.782. The Morgan fingerprint density at radius 1 is 1.38 bits per heavy atom. The number of likely N-dealkylation sites (tertiary alicyclic amines) is 1. The van der Waals surface area contributed by atoms with Crippen LogP contribution in [0.1, 0.15) is 38.3 Å². The van der Waals surface area contributed by atoms with Crippen molar-refractivity contribution in [3.63, 3.8) is 0 Å². The smallest absolute Gasteiger partial charge is 0.225 e. The summed E-state index contributed by atoms with van der Waals surface area (Å²) >= 11 is 0. The zero-order valence-electron chi connectivity index (χ0n) is 14.5. The maximum atomic E-state index is 12.6. The minimum atomic E-state index is -0.249. The summed E-state index contributed by atoms with van der Waals surface area (Å²) < 4.78 is 5.48. The molecule has 5 nitrogen and oxygen atoms in total. The van der Waals surface area contributed by atoms with Crippen LogP contribution >= 0.6 is 0 Å². The van der Waals surface area contributed by atoms with E-state index in [0.29, 0.717) is 32.5 Å². The van der Waals surface area contributed by atoms with Gasteiger partial charge in [0, 0.05) is 19.5 Å². The van der Waals surface area contributed by atoms with Crippen LogP contribution < -0.4 is 10.1 Å². The molecule has 130 valence electrons. The molecule has 5 heteroatoms. The Kier molecular flexibility index (Phi) is 6.41. The van der Waals surface area contributed by atoms with E-state index in [0.717, 1.165) is 11.3 Å². The van der Waals surface area contributed by atoms with Crippen LogP contribution in [0.2, 0.25) is 0 Å². The van der Waals surface area contributed by atoms with Crippen molar-refractivity contribution < 1.29 is 14.3 Å². The molecule has 0 saturated carbocycles. The molecule has 2 amide bonds. The molecule has 1 aromatic carbocycles. The maximum absolute atomic E-state index is 12.6. The topological polar surface area (TPSA) is 58.6 Å². The first-order valence-electron chi connectivity index (χ1n) is 8.53. The summed E-state index contributed by atoms with van der Waals surface area (Å²) in [5.41, 5.74) is 0.965. The first-order valence-corrected chi connectivity index (χ1v) is 8.53. The van der Waals surface area contributed by atoms with Crippen molar-refractivity contribution in [3.8, 4) is 5.75 Å². The number of carbonyl (C=O) groups excluding carboxylic acids is 2. The molecule has 0 aromatic heterocycles. The van der Waals surface area contributed by atoms with Gasteiger partial charge in [-0.2, -0.15) is 0 Å². The number of rotatable bonds is 7. The van der Waals surface area contributed by atoms with Gasteiger partial charge in [-0.05, 0) is 38.0 Å². The van der Waals surface area contributed by atoms with E-state index in [9.17, 15) is 9.59 Å².